The Morgan fingerprint density at radius 3 is 0.818 bits per heavy atom. The summed E-state index contributed by atoms with van der Waals surface area (Å²) in [6, 6.07) is -0.528. The third kappa shape index (κ3) is 44.3. The van der Waals surface area contributed by atoms with Gasteiger partial charge in [0.05, 0.1) is 18.8 Å². The Labute approximate surface area is 346 Å². The van der Waals surface area contributed by atoms with Gasteiger partial charge in [-0.05, 0) is 12.8 Å². The molecule has 55 heavy (non-hydrogen) atoms. The fourth-order valence-electron chi connectivity index (χ4n) is 8.42. The van der Waals surface area contributed by atoms with Crippen molar-refractivity contribution in [2.45, 2.75) is 315 Å². The van der Waals surface area contributed by atoms with E-state index in [0.29, 0.717) is 12.8 Å². The first-order valence-electron chi connectivity index (χ1n) is 25.7. The summed E-state index contributed by atoms with van der Waals surface area (Å²) < 4.78 is 0. The standard InChI is InChI=1S/C51H103NO3/c1-3-5-7-9-11-13-15-16-17-18-19-20-21-22-23-24-25-26-27-28-29-30-31-32-33-34-35-36-37-39-41-43-45-47-51(55)52-49(48-53)50(54)46-44-42-40-38-14-12-10-8-6-4-2/h49-50,53-54H,3-48H2,1-2H3,(H,52,55). The van der Waals surface area contributed by atoms with Crippen LogP contribution in [0.15, 0.2) is 0 Å². The van der Waals surface area contributed by atoms with E-state index >= 15 is 0 Å². The average molecular weight is 778 g/mol. The SMILES string of the molecule is CCCCCCCCCCCCCCCCCCCCCCCCCCCCCCCCCCCC(=O)NC(CO)C(O)CCCCCCCCCCCC. The van der Waals surface area contributed by atoms with Crippen molar-refractivity contribution in [1.29, 1.82) is 0 Å². The maximum atomic E-state index is 12.4. The summed E-state index contributed by atoms with van der Waals surface area (Å²) in [6.45, 7) is 4.37. The molecule has 4 nitrogen and oxygen atoms in total. The van der Waals surface area contributed by atoms with E-state index in [0.717, 1.165) is 25.7 Å². The Hall–Kier alpha value is -0.610. The number of rotatable bonds is 48. The fraction of sp³-hybridized carbons (Fsp3) is 0.980. The molecule has 0 aliphatic carbocycles. The summed E-state index contributed by atoms with van der Waals surface area (Å²) >= 11 is 0. The Balaban J connectivity index is 3.32. The zero-order valence-electron chi connectivity index (χ0n) is 38.0. The van der Waals surface area contributed by atoms with Crippen LogP contribution in [0.4, 0.5) is 0 Å². The van der Waals surface area contributed by atoms with Gasteiger partial charge in [0, 0.05) is 6.42 Å². The lowest BCUT2D eigenvalue weighted by atomic mass is 10.0. The lowest BCUT2D eigenvalue weighted by Crippen LogP contribution is -2.45. The molecule has 0 spiro atoms. The second-order valence-electron chi connectivity index (χ2n) is 18.0. The van der Waals surface area contributed by atoms with Crippen LogP contribution in [-0.4, -0.2) is 34.9 Å². The van der Waals surface area contributed by atoms with Crippen LogP contribution in [0.1, 0.15) is 303 Å². The molecule has 0 rings (SSSR count). The molecule has 0 saturated carbocycles. The van der Waals surface area contributed by atoms with Crippen LogP contribution in [0, 0.1) is 0 Å². The van der Waals surface area contributed by atoms with Crippen molar-refractivity contribution in [2.24, 2.45) is 0 Å². The van der Waals surface area contributed by atoms with Gasteiger partial charge in [-0.2, -0.15) is 0 Å². The minimum Gasteiger partial charge on any atom is -0.394 e. The smallest absolute Gasteiger partial charge is 0.220 e. The highest BCUT2D eigenvalue weighted by Gasteiger charge is 2.20. The van der Waals surface area contributed by atoms with Crippen LogP contribution < -0.4 is 5.32 Å². The molecule has 0 aliphatic rings. The summed E-state index contributed by atoms with van der Waals surface area (Å²) in [7, 11) is 0. The summed E-state index contributed by atoms with van der Waals surface area (Å²) in [4.78, 5) is 12.4. The molecule has 0 radical (unpaired) electrons. The zero-order valence-corrected chi connectivity index (χ0v) is 38.0. The highest BCUT2D eigenvalue weighted by atomic mass is 16.3. The summed E-state index contributed by atoms with van der Waals surface area (Å²) in [6.07, 6.45) is 59.5. The predicted molar refractivity (Wildman–Crippen MR) is 244 cm³/mol. The summed E-state index contributed by atoms with van der Waals surface area (Å²) in [5.41, 5.74) is 0. The van der Waals surface area contributed by atoms with Crippen molar-refractivity contribution in [3.63, 3.8) is 0 Å². The van der Waals surface area contributed by atoms with E-state index in [9.17, 15) is 15.0 Å². The Bertz CT molecular complexity index is 714. The molecule has 4 heteroatoms. The van der Waals surface area contributed by atoms with Crippen LogP contribution in [-0.2, 0) is 4.79 Å². The molecule has 1 amide bonds. The van der Waals surface area contributed by atoms with Gasteiger partial charge in [0.1, 0.15) is 0 Å². The highest BCUT2D eigenvalue weighted by molar-refractivity contribution is 5.76. The van der Waals surface area contributed by atoms with Crippen LogP contribution in [0.5, 0.6) is 0 Å². The maximum absolute atomic E-state index is 12.4. The number of hydrogen-bond donors (Lipinski definition) is 3. The van der Waals surface area contributed by atoms with Crippen molar-refractivity contribution in [1.82, 2.24) is 5.32 Å². The first kappa shape index (κ1) is 54.4. The molecule has 0 aliphatic heterocycles. The first-order valence-corrected chi connectivity index (χ1v) is 25.7. The predicted octanol–water partition coefficient (Wildman–Crippen LogP) is 16.4. The molecule has 330 valence electrons. The number of aliphatic hydroxyl groups excluding tert-OH is 2. The molecule has 2 unspecified atom stereocenters. The van der Waals surface area contributed by atoms with Gasteiger partial charge >= 0.3 is 0 Å². The number of amides is 1. The largest absolute Gasteiger partial charge is 0.394 e. The molecule has 0 aromatic heterocycles. The van der Waals surface area contributed by atoms with Crippen LogP contribution in [0.3, 0.4) is 0 Å². The molecule has 0 fully saturated rings. The zero-order chi connectivity index (χ0) is 40.0. The van der Waals surface area contributed by atoms with E-state index in [-0.39, 0.29) is 12.5 Å². The Kier molecular flexibility index (Phi) is 47.2. The van der Waals surface area contributed by atoms with Gasteiger partial charge in [0.25, 0.3) is 0 Å². The van der Waals surface area contributed by atoms with Gasteiger partial charge in [-0.1, -0.05) is 284 Å². The van der Waals surface area contributed by atoms with Crippen LogP contribution in [0.2, 0.25) is 0 Å². The van der Waals surface area contributed by atoms with E-state index in [4.69, 9.17) is 0 Å². The molecule has 0 heterocycles. The second kappa shape index (κ2) is 47.8. The van der Waals surface area contributed by atoms with Crippen molar-refractivity contribution < 1.29 is 15.0 Å². The van der Waals surface area contributed by atoms with Gasteiger partial charge in [-0.3, -0.25) is 4.79 Å². The van der Waals surface area contributed by atoms with Crippen LogP contribution >= 0.6 is 0 Å². The number of aliphatic hydroxyl groups is 2. The lowest BCUT2D eigenvalue weighted by Gasteiger charge is -2.22. The Morgan fingerprint density at radius 1 is 0.364 bits per heavy atom. The minimum absolute atomic E-state index is 0.0260. The molecular weight excluding hydrogens is 675 g/mol. The van der Waals surface area contributed by atoms with E-state index in [1.54, 1.807) is 0 Å². The van der Waals surface area contributed by atoms with Crippen molar-refractivity contribution in [2.75, 3.05) is 6.61 Å². The molecule has 0 aromatic carbocycles. The van der Waals surface area contributed by atoms with Crippen LogP contribution in [0.25, 0.3) is 0 Å². The number of carbonyl (C=O) groups is 1. The minimum atomic E-state index is -0.652. The molecule has 0 bridgehead atoms. The van der Waals surface area contributed by atoms with Gasteiger partial charge in [-0.25, -0.2) is 0 Å². The number of unbranched alkanes of at least 4 members (excludes halogenated alkanes) is 41. The topological polar surface area (TPSA) is 69.6 Å². The van der Waals surface area contributed by atoms with E-state index < -0.39 is 12.1 Å². The van der Waals surface area contributed by atoms with Crippen molar-refractivity contribution in [3.8, 4) is 0 Å². The third-order valence-corrected chi connectivity index (χ3v) is 12.4. The summed E-state index contributed by atoms with van der Waals surface area (Å²) in [5.74, 6) is -0.0260. The van der Waals surface area contributed by atoms with Crippen molar-refractivity contribution in [3.05, 3.63) is 0 Å². The van der Waals surface area contributed by atoms with Gasteiger partial charge in [0.15, 0.2) is 0 Å². The normalized spacial score (nSPS) is 12.7. The van der Waals surface area contributed by atoms with Crippen molar-refractivity contribution >= 4 is 5.91 Å². The average Bonchev–Trinajstić information content (AvgIpc) is 3.19. The quantitative estimate of drug-likeness (QED) is 0.0539. The third-order valence-electron chi connectivity index (χ3n) is 12.4. The fourth-order valence-corrected chi connectivity index (χ4v) is 8.42. The molecule has 0 aromatic rings. The first-order chi connectivity index (χ1) is 27.2. The number of hydrogen-bond acceptors (Lipinski definition) is 3. The monoisotopic (exact) mass is 778 g/mol. The van der Waals surface area contributed by atoms with E-state index in [1.807, 2.05) is 0 Å². The van der Waals surface area contributed by atoms with Gasteiger partial charge in [-0.15, -0.1) is 0 Å². The molecule has 3 N–H and O–H groups in total. The van der Waals surface area contributed by atoms with E-state index in [1.165, 1.54) is 250 Å². The second-order valence-corrected chi connectivity index (χ2v) is 18.0. The van der Waals surface area contributed by atoms with E-state index in [2.05, 4.69) is 19.2 Å². The number of nitrogens with one attached hydrogen (secondary N) is 1. The number of carbonyl (C=O) groups excluding carboxylic acids is 1. The summed E-state index contributed by atoms with van der Waals surface area (Å²) in [5, 5.41) is 23.1. The highest BCUT2D eigenvalue weighted by Crippen LogP contribution is 2.18. The molecule has 0 saturated heterocycles. The maximum Gasteiger partial charge on any atom is 0.220 e. The Morgan fingerprint density at radius 2 is 0.582 bits per heavy atom. The van der Waals surface area contributed by atoms with Gasteiger partial charge < -0.3 is 15.5 Å². The molecular formula is C51H103NO3. The molecule has 2 atom stereocenters. The lowest BCUT2D eigenvalue weighted by molar-refractivity contribution is -0.123. The van der Waals surface area contributed by atoms with Gasteiger partial charge in [0.2, 0.25) is 5.91 Å².